The van der Waals surface area contributed by atoms with E-state index in [1.165, 1.54) is 20.9 Å². The maximum absolute atomic E-state index is 5.39. The maximum atomic E-state index is 5.39. The van der Waals surface area contributed by atoms with Gasteiger partial charge in [0.1, 0.15) is 5.75 Å². The second kappa shape index (κ2) is 5.89. The SMILES string of the molecule is COc1ccccc1CC(Br)c1cc(C)c(C)s1. The molecule has 2 aromatic rings. The third-order valence-corrected chi connectivity index (χ3v) is 5.47. The number of halogens is 1. The van der Waals surface area contributed by atoms with Crippen LogP contribution in [0.2, 0.25) is 0 Å². The zero-order valence-electron chi connectivity index (χ0n) is 10.9. The van der Waals surface area contributed by atoms with Gasteiger partial charge in [-0.2, -0.15) is 0 Å². The van der Waals surface area contributed by atoms with E-state index in [1.807, 2.05) is 23.5 Å². The molecule has 0 amide bonds. The number of methoxy groups -OCH3 is 1. The molecule has 1 nitrogen and oxygen atoms in total. The number of hydrogen-bond acceptors (Lipinski definition) is 2. The van der Waals surface area contributed by atoms with Crippen molar-refractivity contribution in [2.75, 3.05) is 7.11 Å². The molecule has 0 fully saturated rings. The van der Waals surface area contributed by atoms with Crippen LogP contribution in [0.15, 0.2) is 30.3 Å². The van der Waals surface area contributed by atoms with Crippen LogP contribution < -0.4 is 4.74 Å². The van der Waals surface area contributed by atoms with Crippen molar-refractivity contribution >= 4 is 27.3 Å². The summed E-state index contributed by atoms with van der Waals surface area (Å²) in [5.74, 6) is 0.965. The smallest absolute Gasteiger partial charge is 0.122 e. The molecular formula is C15H17BrOS. The van der Waals surface area contributed by atoms with E-state index in [2.05, 4.69) is 48.0 Å². The van der Waals surface area contributed by atoms with Crippen LogP contribution in [0.5, 0.6) is 5.75 Å². The highest BCUT2D eigenvalue weighted by atomic mass is 79.9. The minimum atomic E-state index is 0.353. The first-order valence-corrected chi connectivity index (χ1v) is 7.68. The van der Waals surface area contributed by atoms with Crippen molar-refractivity contribution in [3.63, 3.8) is 0 Å². The summed E-state index contributed by atoms with van der Waals surface area (Å²) in [6.07, 6.45) is 0.948. The largest absolute Gasteiger partial charge is 0.496 e. The van der Waals surface area contributed by atoms with Gasteiger partial charge in [0.05, 0.1) is 11.9 Å². The first kappa shape index (κ1) is 13.6. The Hall–Kier alpha value is -0.800. The van der Waals surface area contributed by atoms with Gasteiger partial charge in [0, 0.05) is 9.75 Å². The van der Waals surface area contributed by atoms with E-state index in [9.17, 15) is 0 Å². The highest BCUT2D eigenvalue weighted by Gasteiger charge is 2.14. The predicted molar refractivity (Wildman–Crippen MR) is 82.2 cm³/mol. The molecule has 0 saturated carbocycles. The van der Waals surface area contributed by atoms with Gasteiger partial charge >= 0.3 is 0 Å². The molecule has 0 bridgehead atoms. The van der Waals surface area contributed by atoms with E-state index >= 15 is 0 Å². The summed E-state index contributed by atoms with van der Waals surface area (Å²) in [5, 5.41) is 0. The van der Waals surface area contributed by atoms with Crippen LogP contribution in [0.4, 0.5) is 0 Å². The molecule has 1 atom stereocenters. The van der Waals surface area contributed by atoms with Crippen molar-refractivity contribution in [3.05, 3.63) is 51.2 Å². The van der Waals surface area contributed by atoms with Crippen LogP contribution in [0.1, 0.15) is 25.7 Å². The highest BCUT2D eigenvalue weighted by Crippen LogP contribution is 2.35. The molecule has 0 N–H and O–H groups in total. The monoisotopic (exact) mass is 324 g/mol. The summed E-state index contributed by atoms with van der Waals surface area (Å²) in [6, 6.07) is 10.5. The number of hydrogen-bond donors (Lipinski definition) is 0. The van der Waals surface area contributed by atoms with E-state index < -0.39 is 0 Å². The quantitative estimate of drug-likeness (QED) is 0.715. The zero-order chi connectivity index (χ0) is 13.1. The molecule has 1 unspecified atom stereocenters. The fraction of sp³-hybridized carbons (Fsp3) is 0.333. The first-order chi connectivity index (χ1) is 8.61. The lowest BCUT2D eigenvalue weighted by Gasteiger charge is -2.11. The van der Waals surface area contributed by atoms with Crippen LogP contribution >= 0.6 is 27.3 Å². The topological polar surface area (TPSA) is 9.23 Å². The van der Waals surface area contributed by atoms with Gasteiger partial charge in [-0.1, -0.05) is 34.1 Å². The summed E-state index contributed by atoms with van der Waals surface area (Å²) in [5.41, 5.74) is 2.62. The molecule has 18 heavy (non-hydrogen) atoms. The number of aryl methyl sites for hydroxylation is 2. The molecule has 1 aromatic carbocycles. The van der Waals surface area contributed by atoms with Gasteiger partial charge in [0.2, 0.25) is 0 Å². The fourth-order valence-electron chi connectivity index (χ4n) is 1.92. The minimum Gasteiger partial charge on any atom is -0.496 e. The third-order valence-electron chi connectivity index (χ3n) is 3.09. The van der Waals surface area contributed by atoms with Gasteiger partial charge in [0.25, 0.3) is 0 Å². The van der Waals surface area contributed by atoms with Gasteiger partial charge in [-0.25, -0.2) is 0 Å². The fourth-order valence-corrected chi connectivity index (χ4v) is 3.70. The number of ether oxygens (including phenoxy) is 1. The summed E-state index contributed by atoms with van der Waals surface area (Å²) < 4.78 is 5.39. The first-order valence-electron chi connectivity index (χ1n) is 5.94. The minimum absolute atomic E-state index is 0.353. The Bertz CT molecular complexity index is 514. The number of rotatable bonds is 4. The van der Waals surface area contributed by atoms with E-state index in [0.717, 1.165) is 12.2 Å². The molecule has 0 saturated heterocycles. The van der Waals surface area contributed by atoms with Crippen molar-refractivity contribution < 1.29 is 4.74 Å². The lowest BCUT2D eigenvalue weighted by atomic mass is 10.1. The van der Waals surface area contributed by atoms with Crippen molar-refractivity contribution in [3.8, 4) is 5.75 Å². The Morgan fingerprint density at radius 1 is 1.28 bits per heavy atom. The average molecular weight is 325 g/mol. The van der Waals surface area contributed by atoms with E-state index in [4.69, 9.17) is 4.74 Å². The average Bonchev–Trinajstić information content (AvgIpc) is 2.70. The summed E-state index contributed by atoms with van der Waals surface area (Å²) in [7, 11) is 1.72. The third kappa shape index (κ3) is 2.96. The molecule has 0 spiro atoms. The van der Waals surface area contributed by atoms with Gasteiger partial charge in [-0.15, -0.1) is 11.3 Å². The molecule has 0 aliphatic heterocycles. The lowest BCUT2D eigenvalue weighted by molar-refractivity contribution is 0.409. The predicted octanol–water partition coefficient (Wildman–Crippen LogP) is 5.05. The Morgan fingerprint density at radius 2 is 2.00 bits per heavy atom. The van der Waals surface area contributed by atoms with Gasteiger partial charge in [-0.3, -0.25) is 0 Å². The summed E-state index contributed by atoms with van der Waals surface area (Å²) >= 11 is 5.66. The number of alkyl halides is 1. The molecule has 1 aromatic heterocycles. The van der Waals surface area contributed by atoms with Crippen LogP contribution in [0.3, 0.4) is 0 Å². The number of thiophene rings is 1. The Morgan fingerprint density at radius 3 is 2.61 bits per heavy atom. The maximum Gasteiger partial charge on any atom is 0.122 e. The Balaban J connectivity index is 2.18. The van der Waals surface area contributed by atoms with Crippen LogP contribution in [-0.4, -0.2) is 7.11 Å². The summed E-state index contributed by atoms with van der Waals surface area (Å²) in [6.45, 7) is 4.34. The van der Waals surface area contributed by atoms with Crippen LogP contribution in [0.25, 0.3) is 0 Å². The molecule has 0 radical (unpaired) electrons. The second-order valence-electron chi connectivity index (χ2n) is 4.37. The van der Waals surface area contributed by atoms with Crippen molar-refractivity contribution in [1.82, 2.24) is 0 Å². The molecular weight excluding hydrogens is 308 g/mol. The second-order valence-corrected chi connectivity index (χ2v) is 6.76. The molecule has 0 aliphatic carbocycles. The standard InChI is InChI=1S/C15H17BrOS/c1-10-8-15(18-11(10)2)13(16)9-12-6-4-5-7-14(12)17-3/h4-8,13H,9H2,1-3H3. The lowest BCUT2D eigenvalue weighted by Crippen LogP contribution is -1.96. The molecule has 1 heterocycles. The van der Waals surface area contributed by atoms with Crippen molar-refractivity contribution in [1.29, 1.82) is 0 Å². The number of para-hydroxylation sites is 1. The van der Waals surface area contributed by atoms with E-state index in [1.54, 1.807) is 7.11 Å². The normalized spacial score (nSPS) is 12.4. The molecule has 0 aliphatic rings. The Kier molecular flexibility index (Phi) is 4.46. The van der Waals surface area contributed by atoms with E-state index in [0.29, 0.717) is 4.83 Å². The van der Waals surface area contributed by atoms with Gasteiger partial charge in [0.15, 0.2) is 0 Å². The zero-order valence-corrected chi connectivity index (χ0v) is 13.3. The van der Waals surface area contributed by atoms with E-state index in [-0.39, 0.29) is 0 Å². The van der Waals surface area contributed by atoms with Gasteiger partial charge in [-0.05, 0) is 43.5 Å². The van der Waals surface area contributed by atoms with Crippen LogP contribution in [-0.2, 0) is 6.42 Å². The highest BCUT2D eigenvalue weighted by molar-refractivity contribution is 9.09. The molecule has 96 valence electrons. The summed E-state index contributed by atoms with van der Waals surface area (Å²) in [4.78, 5) is 3.14. The Labute approximate surface area is 121 Å². The molecule has 3 heteroatoms. The van der Waals surface area contributed by atoms with Crippen molar-refractivity contribution in [2.45, 2.75) is 25.1 Å². The van der Waals surface area contributed by atoms with Gasteiger partial charge < -0.3 is 4.74 Å². The van der Waals surface area contributed by atoms with Crippen LogP contribution in [0, 0.1) is 13.8 Å². The number of benzene rings is 1. The molecule has 2 rings (SSSR count). The van der Waals surface area contributed by atoms with Crippen molar-refractivity contribution in [2.24, 2.45) is 0 Å².